The Balaban J connectivity index is 1.11. The number of carbonyl (C=O) groups excluding carboxylic acids is 3. The molecular weight excluding hydrogens is 665 g/mol. The van der Waals surface area contributed by atoms with Crippen molar-refractivity contribution in [1.29, 1.82) is 0 Å². The number of piperazine rings is 1. The van der Waals surface area contributed by atoms with Crippen LogP contribution in [-0.2, 0) is 18.0 Å². The quantitative estimate of drug-likeness (QED) is 0.303. The lowest BCUT2D eigenvalue weighted by atomic mass is 9.96. The van der Waals surface area contributed by atoms with Crippen molar-refractivity contribution < 1.29 is 36.7 Å². The van der Waals surface area contributed by atoms with Gasteiger partial charge >= 0.3 is 6.18 Å². The van der Waals surface area contributed by atoms with Crippen LogP contribution in [0.4, 0.5) is 18.9 Å². The Hall–Kier alpha value is -3.64. The number of nitrogens with one attached hydrogen (secondary N) is 2. The molecule has 0 aliphatic carbocycles. The van der Waals surface area contributed by atoms with Crippen molar-refractivity contribution >= 4 is 45.6 Å². The second kappa shape index (κ2) is 12.8. The smallest absolute Gasteiger partial charge is 0.339 e. The fourth-order valence-corrected chi connectivity index (χ4v) is 7.85. The highest BCUT2D eigenvalue weighted by atomic mass is 35.5. The third kappa shape index (κ3) is 6.85. The van der Waals surface area contributed by atoms with E-state index in [1.165, 1.54) is 36.0 Å². The van der Waals surface area contributed by atoms with Crippen molar-refractivity contribution in [3.8, 4) is 11.3 Å². The summed E-state index contributed by atoms with van der Waals surface area (Å²) < 4.78 is 63.3. The van der Waals surface area contributed by atoms with Gasteiger partial charge in [0, 0.05) is 51.0 Å². The minimum absolute atomic E-state index is 0.00798. The molecular formula is C29H34ClF3N8O5S. The number of benzene rings is 1. The molecule has 0 atom stereocenters. The number of alkyl halides is 3. The van der Waals surface area contributed by atoms with Crippen LogP contribution in [0.25, 0.3) is 11.3 Å². The number of hydrogen-bond acceptors (Lipinski definition) is 8. The SMILES string of the molecule is Cn1c(-c2cn(C3CS(O)(O)C3)nc2C(F)(F)F)cnc1C(=O)Nc1ccc(C(=O)N2CCN(C(=O)C3CCNCC3)CC2)c(Cl)c1. The Kier molecular flexibility index (Phi) is 9.03. The first-order valence-corrected chi connectivity index (χ1v) is 17.3. The van der Waals surface area contributed by atoms with E-state index in [0.717, 1.165) is 36.8 Å². The van der Waals surface area contributed by atoms with Crippen LogP contribution in [0.2, 0.25) is 5.02 Å². The Morgan fingerprint density at radius 3 is 2.34 bits per heavy atom. The third-order valence-corrected chi connectivity index (χ3v) is 10.9. The zero-order chi connectivity index (χ0) is 33.7. The molecule has 254 valence electrons. The number of carbonyl (C=O) groups is 3. The number of aromatic nitrogens is 4. The van der Waals surface area contributed by atoms with Gasteiger partial charge in [0.25, 0.3) is 11.8 Å². The fraction of sp³-hybridized carbons (Fsp3) is 0.483. The van der Waals surface area contributed by atoms with Crippen LogP contribution >= 0.6 is 22.2 Å². The Bertz CT molecular complexity index is 1690. The largest absolute Gasteiger partial charge is 0.435 e. The molecule has 3 saturated heterocycles. The minimum atomic E-state index is -4.81. The van der Waals surface area contributed by atoms with Crippen LogP contribution in [0.1, 0.15) is 45.6 Å². The van der Waals surface area contributed by atoms with Gasteiger partial charge in [0.15, 0.2) is 11.5 Å². The van der Waals surface area contributed by atoms with Crippen molar-refractivity contribution in [2.45, 2.75) is 25.1 Å². The van der Waals surface area contributed by atoms with Gasteiger partial charge in [-0.3, -0.25) is 28.2 Å². The first-order valence-electron chi connectivity index (χ1n) is 15.0. The number of piperidine rings is 1. The van der Waals surface area contributed by atoms with Crippen LogP contribution in [0.3, 0.4) is 0 Å². The van der Waals surface area contributed by atoms with Crippen molar-refractivity contribution in [3.05, 3.63) is 52.7 Å². The molecule has 3 fully saturated rings. The zero-order valence-corrected chi connectivity index (χ0v) is 26.9. The lowest BCUT2D eigenvalue weighted by Crippen LogP contribution is -2.52. The van der Waals surface area contributed by atoms with Crippen LogP contribution in [-0.4, -0.2) is 107 Å². The first-order chi connectivity index (χ1) is 22.2. The topological polar surface area (TPSA) is 158 Å². The summed E-state index contributed by atoms with van der Waals surface area (Å²) in [5.41, 5.74) is -1.04. The standard InChI is InChI=1S/C29H34ClF3N8O5S/c1-38-23(21-14-41(19-15-47(45,46)16-19)37-24(21)29(31,32)33)13-35-25(38)26(42)36-18-2-3-20(22(30)12-18)28(44)40-10-8-39(9-11-40)27(43)17-4-6-34-7-5-17/h2-3,12-14,17,19,34,45-46H,4-11,15-16H2,1H3,(H,36,42). The monoisotopic (exact) mass is 698 g/mol. The molecule has 3 aliphatic rings. The van der Waals surface area contributed by atoms with Gasteiger partial charge in [-0.15, -0.1) is 0 Å². The molecule has 1 aromatic carbocycles. The highest BCUT2D eigenvalue weighted by Crippen LogP contribution is 2.54. The molecule has 0 radical (unpaired) electrons. The fourth-order valence-electron chi connectivity index (χ4n) is 6.15. The normalized spacial score (nSPS) is 19.7. The molecule has 0 unspecified atom stereocenters. The van der Waals surface area contributed by atoms with Crippen molar-refractivity contribution in [2.75, 3.05) is 56.1 Å². The summed E-state index contributed by atoms with van der Waals surface area (Å²) in [5, 5.41) is 9.65. The number of halogens is 4. The van der Waals surface area contributed by atoms with Crippen molar-refractivity contribution in [1.82, 2.24) is 34.4 Å². The predicted molar refractivity (Wildman–Crippen MR) is 169 cm³/mol. The number of rotatable bonds is 6. The van der Waals surface area contributed by atoms with E-state index < -0.39 is 34.4 Å². The molecule has 6 rings (SSSR count). The third-order valence-electron chi connectivity index (χ3n) is 8.78. The molecule has 0 bridgehead atoms. The lowest BCUT2D eigenvalue weighted by Gasteiger charge is -2.46. The second-order valence-electron chi connectivity index (χ2n) is 12.0. The van der Waals surface area contributed by atoms with E-state index in [1.54, 1.807) is 4.90 Å². The maximum Gasteiger partial charge on any atom is 0.435 e. The predicted octanol–water partition coefficient (Wildman–Crippen LogP) is 3.80. The summed E-state index contributed by atoms with van der Waals surface area (Å²) in [4.78, 5) is 46.7. The Morgan fingerprint density at radius 1 is 1.06 bits per heavy atom. The molecule has 0 spiro atoms. The summed E-state index contributed by atoms with van der Waals surface area (Å²) in [6.45, 7) is 3.25. The number of hydrogen-bond donors (Lipinski definition) is 4. The van der Waals surface area contributed by atoms with E-state index >= 15 is 0 Å². The average molecular weight is 699 g/mol. The first kappa shape index (κ1) is 33.3. The molecule has 5 heterocycles. The van der Waals surface area contributed by atoms with E-state index in [9.17, 15) is 36.7 Å². The van der Waals surface area contributed by atoms with Crippen LogP contribution in [0.5, 0.6) is 0 Å². The van der Waals surface area contributed by atoms with E-state index in [4.69, 9.17) is 11.6 Å². The number of nitrogens with zero attached hydrogens (tertiary/aromatic N) is 6. The Morgan fingerprint density at radius 2 is 1.72 bits per heavy atom. The van der Waals surface area contributed by atoms with Gasteiger partial charge in [-0.25, -0.2) is 4.98 Å². The van der Waals surface area contributed by atoms with Crippen molar-refractivity contribution in [3.63, 3.8) is 0 Å². The van der Waals surface area contributed by atoms with Gasteiger partial charge in [0.2, 0.25) is 5.91 Å². The van der Waals surface area contributed by atoms with Crippen molar-refractivity contribution in [2.24, 2.45) is 13.0 Å². The molecule has 3 amide bonds. The highest BCUT2D eigenvalue weighted by molar-refractivity contribution is 8.25. The van der Waals surface area contributed by atoms with E-state index in [0.29, 0.717) is 26.2 Å². The molecule has 3 aromatic rings. The lowest BCUT2D eigenvalue weighted by molar-refractivity contribution is -0.141. The molecule has 13 nitrogen and oxygen atoms in total. The van der Waals surface area contributed by atoms with Gasteiger partial charge in [0.05, 0.1) is 45.6 Å². The van der Waals surface area contributed by atoms with E-state index in [2.05, 4.69) is 20.7 Å². The van der Waals surface area contributed by atoms with E-state index in [1.807, 2.05) is 4.90 Å². The second-order valence-corrected chi connectivity index (χ2v) is 14.7. The number of amides is 3. The number of anilines is 1. The maximum absolute atomic E-state index is 13.9. The molecule has 0 saturated carbocycles. The molecule has 2 aromatic heterocycles. The summed E-state index contributed by atoms with van der Waals surface area (Å²) >= 11 is 6.46. The molecule has 3 aliphatic heterocycles. The summed E-state index contributed by atoms with van der Waals surface area (Å²) in [5.74, 6) is -1.26. The summed E-state index contributed by atoms with van der Waals surface area (Å²) in [6, 6.07) is 3.79. The average Bonchev–Trinajstić information content (AvgIpc) is 3.64. The number of imidazole rings is 1. The molecule has 18 heteroatoms. The van der Waals surface area contributed by atoms with Crippen LogP contribution < -0.4 is 10.6 Å². The van der Waals surface area contributed by atoms with Gasteiger partial charge in [-0.05, 0) is 44.1 Å². The zero-order valence-electron chi connectivity index (χ0n) is 25.3. The van der Waals surface area contributed by atoms with Crippen LogP contribution in [0.15, 0.2) is 30.6 Å². The van der Waals surface area contributed by atoms with Gasteiger partial charge in [0.1, 0.15) is 0 Å². The highest BCUT2D eigenvalue weighted by Gasteiger charge is 2.42. The maximum atomic E-state index is 13.9. The van der Waals surface area contributed by atoms with Gasteiger partial charge in [-0.1, -0.05) is 11.6 Å². The van der Waals surface area contributed by atoms with E-state index in [-0.39, 0.29) is 62.6 Å². The molecule has 4 N–H and O–H groups in total. The summed E-state index contributed by atoms with van der Waals surface area (Å²) in [6.07, 6.45) is -0.894. The minimum Gasteiger partial charge on any atom is -0.339 e. The summed E-state index contributed by atoms with van der Waals surface area (Å²) in [7, 11) is -1.42. The molecule has 47 heavy (non-hydrogen) atoms. The van der Waals surface area contributed by atoms with Crippen LogP contribution in [0, 0.1) is 5.92 Å². The Labute approximate surface area is 274 Å². The van der Waals surface area contributed by atoms with Gasteiger partial charge < -0.3 is 25.0 Å². The van der Waals surface area contributed by atoms with Gasteiger partial charge in [-0.2, -0.15) is 28.9 Å².